The molecule has 29 heavy (non-hydrogen) atoms. The molecule has 0 amide bonds. The summed E-state index contributed by atoms with van der Waals surface area (Å²) >= 11 is 0. The number of sulfone groups is 1. The molecule has 1 aromatic heterocycles. The third-order valence-electron chi connectivity index (χ3n) is 4.74. The molecule has 2 heterocycles. The van der Waals surface area contributed by atoms with Crippen LogP contribution in [0.1, 0.15) is 36.8 Å². The van der Waals surface area contributed by atoms with E-state index in [-0.39, 0.29) is 32.3 Å². The predicted octanol–water partition coefficient (Wildman–Crippen LogP) is 2.44. The standard InChI is InChI=1S/C21H15NO6S/c1-22-10-4-6-16(22)17(23)12-28-21(25)13-8-9-15-19(11-13)29(26,27)18-7-3-2-5-14(18)20(15)24/h2-11H,12H2,1H3. The Hall–Kier alpha value is -3.52. The maximum absolute atomic E-state index is 12.9. The molecule has 1 aliphatic heterocycles. The third kappa shape index (κ3) is 3.07. The normalized spacial score (nSPS) is 14.0. The van der Waals surface area contributed by atoms with Gasteiger partial charge in [-0.15, -0.1) is 0 Å². The number of esters is 1. The highest BCUT2D eigenvalue weighted by atomic mass is 32.2. The molecule has 0 atom stereocenters. The van der Waals surface area contributed by atoms with Gasteiger partial charge < -0.3 is 9.30 Å². The topological polar surface area (TPSA) is 99.5 Å². The van der Waals surface area contributed by atoms with Crippen LogP contribution in [0.15, 0.2) is 70.6 Å². The van der Waals surface area contributed by atoms with Gasteiger partial charge in [-0.25, -0.2) is 13.2 Å². The van der Waals surface area contributed by atoms with E-state index in [1.807, 2.05) is 0 Å². The summed E-state index contributed by atoms with van der Waals surface area (Å²) in [6.07, 6.45) is 1.69. The lowest BCUT2D eigenvalue weighted by Crippen LogP contribution is -2.21. The number of hydrogen-bond donors (Lipinski definition) is 0. The molecule has 0 aliphatic carbocycles. The fraction of sp³-hybridized carbons (Fsp3) is 0.0952. The molecule has 0 radical (unpaired) electrons. The maximum Gasteiger partial charge on any atom is 0.338 e. The van der Waals surface area contributed by atoms with E-state index in [1.54, 1.807) is 36.0 Å². The number of ether oxygens (including phenoxy) is 1. The van der Waals surface area contributed by atoms with Crippen molar-refractivity contribution in [3.05, 3.63) is 83.2 Å². The monoisotopic (exact) mass is 409 g/mol. The molecule has 3 aromatic rings. The number of carbonyl (C=O) groups excluding carboxylic acids is 3. The van der Waals surface area contributed by atoms with Crippen LogP contribution in [0.3, 0.4) is 0 Å². The first kappa shape index (κ1) is 18.8. The maximum atomic E-state index is 12.9. The molecule has 146 valence electrons. The SMILES string of the molecule is Cn1cccc1C(=O)COC(=O)c1ccc2c(c1)S(=O)(=O)c1ccccc1C2=O. The summed E-state index contributed by atoms with van der Waals surface area (Å²) in [5.41, 5.74) is 0.427. The average Bonchev–Trinajstić information content (AvgIpc) is 3.16. The van der Waals surface area contributed by atoms with E-state index in [2.05, 4.69) is 0 Å². The fourth-order valence-electron chi connectivity index (χ4n) is 3.25. The van der Waals surface area contributed by atoms with Gasteiger partial charge in [0, 0.05) is 24.4 Å². The van der Waals surface area contributed by atoms with E-state index in [0.717, 1.165) is 6.07 Å². The molecule has 0 saturated carbocycles. The first-order valence-corrected chi connectivity index (χ1v) is 10.1. The van der Waals surface area contributed by atoms with Crippen LogP contribution in [-0.2, 0) is 21.6 Å². The Balaban J connectivity index is 1.62. The van der Waals surface area contributed by atoms with Crippen molar-refractivity contribution in [3.8, 4) is 0 Å². The molecule has 4 rings (SSSR count). The van der Waals surface area contributed by atoms with E-state index < -0.39 is 28.2 Å². The number of ketones is 2. The van der Waals surface area contributed by atoms with Crippen LogP contribution in [0.2, 0.25) is 0 Å². The van der Waals surface area contributed by atoms with Crippen LogP contribution in [0.4, 0.5) is 0 Å². The Morgan fingerprint density at radius 2 is 1.69 bits per heavy atom. The minimum absolute atomic E-state index is 0.000127. The van der Waals surface area contributed by atoms with Crippen molar-refractivity contribution < 1.29 is 27.5 Å². The lowest BCUT2D eigenvalue weighted by atomic mass is 10.0. The van der Waals surface area contributed by atoms with E-state index in [9.17, 15) is 22.8 Å². The molecule has 0 spiro atoms. The Kier molecular flexibility index (Phi) is 4.43. The number of carbonyl (C=O) groups is 3. The van der Waals surface area contributed by atoms with Gasteiger partial charge >= 0.3 is 5.97 Å². The molecule has 0 bridgehead atoms. The smallest absolute Gasteiger partial charge is 0.338 e. The van der Waals surface area contributed by atoms with Gasteiger partial charge in [0.1, 0.15) is 0 Å². The lowest BCUT2D eigenvalue weighted by Gasteiger charge is -2.19. The fourth-order valence-corrected chi connectivity index (χ4v) is 4.93. The van der Waals surface area contributed by atoms with Crippen molar-refractivity contribution >= 4 is 27.4 Å². The molecule has 0 saturated heterocycles. The predicted molar refractivity (Wildman–Crippen MR) is 102 cm³/mol. The van der Waals surface area contributed by atoms with Crippen LogP contribution in [0.5, 0.6) is 0 Å². The molecule has 0 N–H and O–H groups in total. The Morgan fingerprint density at radius 3 is 2.41 bits per heavy atom. The van der Waals surface area contributed by atoms with Crippen LogP contribution in [-0.4, -0.2) is 37.1 Å². The van der Waals surface area contributed by atoms with Crippen molar-refractivity contribution in [1.29, 1.82) is 0 Å². The number of nitrogens with zero attached hydrogens (tertiary/aromatic N) is 1. The largest absolute Gasteiger partial charge is 0.454 e. The first-order chi connectivity index (χ1) is 13.8. The number of aryl methyl sites for hydroxylation is 1. The third-order valence-corrected chi connectivity index (χ3v) is 6.59. The van der Waals surface area contributed by atoms with E-state index >= 15 is 0 Å². The second-order valence-corrected chi connectivity index (χ2v) is 8.43. The minimum Gasteiger partial charge on any atom is -0.454 e. The second-order valence-electron chi connectivity index (χ2n) is 6.54. The molecule has 7 nitrogen and oxygen atoms in total. The summed E-state index contributed by atoms with van der Waals surface area (Å²) in [5.74, 6) is -1.67. The number of Topliss-reactive ketones (excluding diaryl/α,β-unsaturated/α-hetero) is 1. The van der Waals surface area contributed by atoms with Crippen LogP contribution in [0.25, 0.3) is 0 Å². The lowest BCUT2D eigenvalue weighted by molar-refractivity contribution is 0.0472. The molecule has 8 heteroatoms. The molecule has 0 fully saturated rings. The van der Waals surface area contributed by atoms with Gasteiger partial charge in [-0.2, -0.15) is 0 Å². The number of rotatable bonds is 4. The molecular formula is C21H15NO6S. The average molecular weight is 409 g/mol. The van der Waals surface area contributed by atoms with Gasteiger partial charge in [0.2, 0.25) is 15.6 Å². The van der Waals surface area contributed by atoms with Gasteiger partial charge in [0.25, 0.3) is 0 Å². The number of benzene rings is 2. The van der Waals surface area contributed by atoms with Crippen molar-refractivity contribution in [3.63, 3.8) is 0 Å². The zero-order chi connectivity index (χ0) is 20.8. The van der Waals surface area contributed by atoms with Gasteiger partial charge in [-0.05, 0) is 42.5 Å². The van der Waals surface area contributed by atoms with E-state index in [1.165, 1.54) is 30.3 Å². The van der Waals surface area contributed by atoms with Crippen LogP contribution < -0.4 is 0 Å². The Morgan fingerprint density at radius 1 is 0.966 bits per heavy atom. The number of hydrogen-bond acceptors (Lipinski definition) is 6. The summed E-state index contributed by atoms with van der Waals surface area (Å²) in [6, 6.07) is 13.0. The van der Waals surface area contributed by atoms with Gasteiger partial charge in [0.15, 0.2) is 12.4 Å². The van der Waals surface area contributed by atoms with Gasteiger partial charge in [-0.3, -0.25) is 9.59 Å². The number of fused-ring (bicyclic) bond motifs is 2. The van der Waals surface area contributed by atoms with Gasteiger partial charge in [0.05, 0.1) is 21.0 Å². The van der Waals surface area contributed by atoms with Crippen LogP contribution >= 0.6 is 0 Å². The van der Waals surface area contributed by atoms with E-state index in [0.29, 0.717) is 5.69 Å². The van der Waals surface area contributed by atoms with Crippen molar-refractivity contribution in [1.82, 2.24) is 4.57 Å². The summed E-state index contributed by atoms with van der Waals surface area (Å²) in [6.45, 7) is -0.484. The van der Waals surface area contributed by atoms with Crippen LogP contribution in [0, 0.1) is 0 Å². The van der Waals surface area contributed by atoms with Gasteiger partial charge in [-0.1, -0.05) is 12.1 Å². The molecule has 1 aliphatic rings. The van der Waals surface area contributed by atoms with E-state index in [4.69, 9.17) is 4.74 Å². The summed E-state index contributed by atoms with van der Waals surface area (Å²) < 4.78 is 32.5. The molecule has 0 unspecified atom stereocenters. The summed E-state index contributed by atoms with van der Waals surface area (Å²) in [5, 5.41) is 0. The highest BCUT2D eigenvalue weighted by Gasteiger charge is 2.35. The van der Waals surface area contributed by atoms with Crippen molar-refractivity contribution in [2.45, 2.75) is 9.79 Å². The molecule has 2 aromatic carbocycles. The number of aromatic nitrogens is 1. The highest BCUT2D eigenvalue weighted by molar-refractivity contribution is 7.91. The second kappa shape index (κ2) is 6.82. The molecular weight excluding hydrogens is 394 g/mol. The first-order valence-electron chi connectivity index (χ1n) is 8.65. The Labute approximate surface area is 166 Å². The zero-order valence-corrected chi connectivity index (χ0v) is 16.1. The zero-order valence-electron chi connectivity index (χ0n) is 15.3. The summed E-state index contributed by atoms with van der Waals surface area (Å²) in [7, 11) is -2.27. The summed E-state index contributed by atoms with van der Waals surface area (Å²) in [4.78, 5) is 36.8. The Bertz CT molecular complexity index is 1290. The van der Waals surface area contributed by atoms with Crippen molar-refractivity contribution in [2.24, 2.45) is 7.05 Å². The quantitative estimate of drug-likeness (QED) is 0.379. The minimum atomic E-state index is -3.96. The highest BCUT2D eigenvalue weighted by Crippen LogP contribution is 2.34. The van der Waals surface area contributed by atoms with Crippen molar-refractivity contribution in [2.75, 3.05) is 6.61 Å².